The van der Waals surface area contributed by atoms with Crippen LogP contribution in [-0.2, 0) is 9.84 Å². The van der Waals surface area contributed by atoms with Gasteiger partial charge in [0, 0.05) is 11.8 Å². The number of fused-ring (bicyclic) bond motifs is 1. The van der Waals surface area contributed by atoms with Gasteiger partial charge in [0.05, 0.1) is 15.9 Å². The Hall–Kier alpha value is -2.40. The SMILES string of the molecule is CS(=O)(=O)c1ccc2nc(-c3ccc(C4=CCCCC4)cc3)[nH]c2c1. The van der Waals surface area contributed by atoms with Crippen LogP contribution in [0.25, 0.3) is 28.0 Å². The van der Waals surface area contributed by atoms with Gasteiger partial charge in [-0.05, 0) is 55.0 Å². The lowest BCUT2D eigenvalue weighted by atomic mass is 9.93. The molecule has 0 spiro atoms. The van der Waals surface area contributed by atoms with Crippen LogP contribution in [0.2, 0.25) is 0 Å². The van der Waals surface area contributed by atoms with Gasteiger partial charge in [0.15, 0.2) is 9.84 Å². The topological polar surface area (TPSA) is 62.8 Å². The Balaban J connectivity index is 1.68. The van der Waals surface area contributed by atoms with Gasteiger partial charge in [-0.3, -0.25) is 0 Å². The summed E-state index contributed by atoms with van der Waals surface area (Å²) in [6.45, 7) is 0. The molecule has 4 nitrogen and oxygen atoms in total. The molecule has 2 aromatic carbocycles. The molecule has 0 amide bonds. The zero-order chi connectivity index (χ0) is 17.4. The minimum atomic E-state index is -3.22. The van der Waals surface area contributed by atoms with E-state index < -0.39 is 9.84 Å². The first-order valence-electron chi connectivity index (χ1n) is 8.50. The number of benzene rings is 2. The van der Waals surface area contributed by atoms with Gasteiger partial charge in [-0.15, -0.1) is 0 Å². The van der Waals surface area contributed by atoms with E-state index in [4.69, 9.17) is 0 Å². The monoisotopic (exact) mass is 352 g/mol. The third-order valence-corrected chi connectivity index (χ3v) is 5.81. The number of allylic oxidation sites excluding steroid dienone is 2. The van der Waals surface area contributed by atoms with Crippen LogP contribution in [0.15, 0.2) is 53.4 Å². The number of hydrogen-bond donors (Lipinski definition) is 1. The van der Waals surface area contributed by atoms with Crippen LogP contribution in [-0.4, -0.2) is 24.6 Å². The summed E-state index contributed by atoms with van der Waals surface area (Å²) in [5.41, 5.74) is 5.20. The van der Waals surface area contributed by atoms with Crippen molar-refractivity contribution in [2.45, 2.75) is 30.6 Å². The lowest BCUT2D eigenvalue weighted by Crippen LogP contribution is -1.96. The maximum atomic E-state index is 11.7. The van der Waals surface area contributed by atoms with E-state index in [1.165, 1.54) is 36.7 Å². The predicted octanol–water partition coefficient (Wildman–Crippen LogP) is 4.59. The van der Waals surface area contributed by atoms with Gasteiger partial charge in [-0.1, -0.05) is 30.3 Å². The van der Waals surface area contributed by atoms with Crippen LogP contribution in [0.5, 0.6) is 0 Å². The first-order valence-corrected chi connectivity index (χ1v) is 10.4. The lowest BCUT2D eigenvalue weighted by molar-refractivity contribution is 0.602. The summed E-state index contributed by atoms with van der Waals surface area (Å²) >= 11 is 0. The van der Waals surface area contributed by atoms with Crippen molar-refractivity contribution >= 4 is 26.4 Å². The van der Waals surface area contributed by atoms with E-state index in [0.717, 1.165) is 28.8 Å². The Morgan fingerprint density at radius 2 is 1.76 bits per heavy atom. The van der Waals surface area contributed by atoms with Crippen molar-refractivity contribution in [3.8, 4) is 11.4 Å². The van der Waals surface area contributed by atoms with E-state index in [9.17, 15) is 8.42 Å². The first kappa shape index (κ1) is 16.1. The molecule has 128 valence electrons. The number of nitrogens with one attached hydrogen (secondary N) is 1. The highest BCUT2D eigenvalue weighted by atomic mass is 32.2. The van der Waals surface area contributed by atoms with Crippen molar-refractivity contribution in [3.05, 3.63) is 54.1 Å². The molecule has 1 aromatic heterocycles. The smallest absolute Gasteiger partial charge is 0.175 e. The average Bonchev–Trinajstić information content (AvgIpc) is 3.05. The van der Waals surface area contributed by atoms with Gasteiger partial charge >= 0.3 is 0 Å². The van der Waals surface area contributed by atoms with E-state index in [1.54, 1.807) is 18.2 Å². The molecular formula is C20H20N2O2S. The second kappa shape index (κ2) is 6.15. The molecule has 1 aliphatic rings. The highest BCUT2D eigenvalue weighted by molar-refractivity contribution is 7.90. The maximum Gasteiger partial charge on any atom is 0.175 e. The number of hydrogen-bond acceptors (Lipinski definition) is 3. The van der Waals surface area contributed by atoms with Gasteiger partial charge in [-0.25, -0.2) is 13.4 Å². The van der Waals surface area contributed by atoms with Crippen LogP contribution in [0, 0.1) is 0 Å². The molecule has 1 heterocycles. The Morgan fingerprint density at radius 1 is 1.00 bits per heavy atom. The fourth-order valence-corrected chi connectivity index (χ4v) is 3.95. The number of rotatable bonds is 3. The summed E-state index contributed by atoms with van der Waals surface area (Å²) in [4.78, 5) is 8.12. The number of sulfone groups is 1. The molecule has 0 atom stereocenters. The summed E-state index contributed by atoms with van der Waals surface area (Å²) in [6.07, 6.45) is 8.42. The second-order valence-corrected chi connectivity index (χ2v) is 8.60. The van der Waals surface area contributed by atoms with E-state index in [-0.39, 0.29) is 0 Å². The molecule has 0 aliphatic heterocycles. The Kier molecular flexibility index (Phi) is 3.96. The quantitative estimate of drug-likeness (QED) is 0.750. The minimum absolute atomic E-state index is 0.301. The van der Waals surface area contributed by atoms with Crippen molar-refractivity contribution in [1.29, 1.82) is 0 Å². The van der Waals surface area contributed by atoms with Gasteiger partial charge in [0.25, 0.3) is 0 Å². The molecular weight excluding hydrogens is 332 g/mol. The minimum Gasteiger partial charge on any atom is -0.338 e. The van der Waals surface area contributed by atoms with Crippen LogP contribution >= 0.6 is 0 Å². The van der Waals surface area contributed by atoms with E-state index in [2.05, 4.69) is 40.3 Å². The van der Waals surface area contributed by atoms with E-state index in [0.29, 0.717) is 4.90 Å². The Bertz CT molecular complexity index is 1060. The fraction of sp³-hybridized carbons (Fsp3) is 0.250. The third kappa shape index (κ3) is 3.24. The molecule has 0 radical (unpaired) electrons. The van der Waals surface area contributed by atoms with E-state index in [1.807, 2.05) is 0 Å². The molecule has 0 unspecified atom stereocenters. The number of aromatic nitrogens is 2. The molecule has 0 fully saturated rings. The highest BCUT2D eigenvalue weighted by Crippen LogP contribution is 2.29. The molecule has 25 heavy (non-hydrogen) atoms. The molecule has 0 bridgehead atoms. The third-order valence-electron chi connectivity index (χ3n) is 4.70. The van der Waals surface area contributed by atoms with Gasteiger partial charge in [-0.2, -0.15) is 0 Å². The van der Waals surface area contributed by atoms with Crippen LogP contribution in [0.4, 0.5) is 0 Å². The fourth-order valence-electron chi connectivity index (χ4n) is 3.30. The van der Waals surface area contributed by atoms with Gasteiger partial charge in [0.2, 0.25) is 0 Å². The Morgan fingerprint density at radius 3 is 2.44 bits per heavy atom. The van der Waals surface area contributed by atoms with Crippen LogP contribution < -0.4 is 0 Å². The molecule has 0 saturated carbocycles. The molecule has 3 aromatic rings. The molecule has 1 aliphatic carbocycles. The van der Waals surface area contributed by atoms with E-state index >= 15 is 0 Å². The number of aromatic amines is 1. The number of imidazole rings is 1. The standard InChI is InChI=1S/C20H20N2O2S/c1-25(23,24)17-11-12-18-19(13-17)22-20(21-18)16-9-7-15(8-10-16)14-5-3-2-4-6-14/h5,7-13H,2-4,6H2,1H3,(H,21,22). The lowest BCUT2D eigenvalue weighted by Gasteiger charge is -2.13. The molecule has 4 rings (SSSR count). The Labute approximate surface area is 147 Å². The van der Waals surface area contributed by atoms with Crippen molar-refractivity contribution in [2.24, 2.45) is 0 Å². The second-order valence-electron chi connectivity index (χ2n) is 6.59. The van der Waals surface area contributed by atoms with Crippen molar-refractivity contribution in [2.75, 3.05) is 6.26 Å². The van der Waals surface area contributed by atoms with Crippen molar-refractivity contribution in [1.82, 2.24) is 9.97 Å². The zero-order valence-electron chi connectivity index (χ0n) is 14.1. The van der Waals surface area contributed by atoms with Crippen molar-refractivity contribution in [3.63, 3.8) is 0 Å². The highest BCUT2D eigenvalue weighted by Gasteiger charge is 2.12. The summed E-state index contributed by atoms with van der Waals surface area (Å²) in [6, 6.07) is 13.4. The predicted molar refractivity (Wildman–Crippen MR) is 101 cm³/mol. The molecule has 5 heteroatoms. The normalized spacial score (nSPS) is 15.3. The number of H-pyrrole nitrogens is 1. The largest absolute Gasteiger partial charge is 0.338 e. The average molecular weight is 352 g/mol. The summed E-state index contributed by atoms with van der Waals surface area (Å²) in [7, 11) is -3.22. The van der Waals surface area contributed by atoms with Crippen molar-refractivity contribution < 1.29 is 8.42 Å². The number of nitrogens with zero attached hydrogens (tertiary/aromatic N) is 1. The first-order chi connectivity index (χ1) is 12.0. The summed E-state index contributed by atoms with van der Waals surface area (Å²) in [5, 5.41) is 0. The van der Waals surface area contributed by atoms with Gasteiger partial charge in [0.1, 0.15) is 5.82 Å². The summed E-state index contributed by atoms with van der Waals surface area (Å²) in [5.74, 6) is 0.754. The maximum absolute atomic E-state index is 11.7. The van der Waals surface area contributed by atoms with Crippen LogP contribution in [0.1, 0.15) is 31.2 Å². The zero-order valence-corrected chi connectivity index (χ0v) is 14.9. The summed E-state index contributed by atoms with van der Waals surface area (Å²) < 4.78 is 23.4. The van der Waals surface area contributed by atoms with Crippen LogP contribution in [0.3, 0.4) is 0 Å². The molecule has 1 N–H and O–H groups in total. The molecule has 0 saturated heterocycles. The van der Waals surface area contributed by atoms with Gasteiger partial charge < -0.3 is 4.98 Å².